The summed E-state index contributed by atoms with van der Waals surface area (Å²) in [6.07, 6.45) is 0. The summed E-state index contributed by atoms with van der Waals surface area (Å²) in [6.45, 7) is 2.01. The van der Waals surface area contributed by atoms with E-state index in [1.54, 1.807) is 36.4 Å². The second kappa shape index (κ2) is 8.96. The fourth-order valence-electron chi connectivity index (χ4n) is 2.67. The van der Waals surface area contributed by atoms with E-state index in [9.17, 15) is 4.79 Å². The molecule has 0 fully saturated rings. The van der Waals surface area contributed by atoms with Crippen LogP contribution in [0.25, 0.3) is 11.5 Å². The van der Waals surface area contributed by atoms with E-state index >= 15 is 0 Å². The van der Waals surface area contributed by atoms with Crippen LogP contribution in [0.2, 0.25) is 10.0 Å². The molecule has 150 valence electrons. The van der Waals surface area contributed by atoms with Crippen molar-refractivity contribution in [3.8, 4) is 11.5 Å². The van der Waals surface area contributed by atoms with E-state index < -0.39 is 0 Å². The maximum atomic E-state index is 13.0. The van der Waals surface area contributed by atoms with Crippen LogP contribution in [-0.2, 0) is 0 Å². The highest BCUT2D eigenvalue weighted by Gasteiger charge is 2.22. The predicted molar refractivity (Wildman–Crippen MR) is 122 cm³/mol. The van der Waals surface area contributed by atoms with Gasteiger partial charge < -0.3 is 9.73 Å². The van der Waals surface area contributed by atoms with E-state index in [0.29, 0.717) is 26.7 Å². The Hall–Kier alpha value is -2.73. The van der Waals surface area contributed by atoms with Gasteiger partial charge in [-0.3, -0.25) is 4.79 Å². The molecule has 0 spiro atoms. The number of carbonyl (C=O) groups excluding carboxylic acids is 1. The van der Waals surface area contributed by atoms with Crippen LogP contribution in [-0.4, -0.2) is 10.9 Å². The number of amides is 1. The highest BCUT2D eigenvalue weighted by Crippen LogP contribution is 2.35. The molecular weight excluding hydrogens is 439 g/mol. The molecule has 4 rings (SSSR count). The monoisotopic (exact) mass is 454 g/mol. The van der Waals surface area contributed by atoms with Crippen molar-refractivity contribution in [1.29, 1.82) is 0 Å². The number of carbonyl (C=O) groups is 1. The molecule has 0 saturated heterocycles. The Labute approximate surface area is 188 Å². The van der Waals surface area contributed by atoms with E-state index in [1.165, 1.54) is 11.8 Å². The predicted octanol–water partition coefficient (Wildman–Crippen LogP) is 7.36. The first-order valence-corrected chi connectivity index (χ1v) is 10.6. The average molecular weight is 455 g/mol. The van der Waals surface area contributed by atoms with E-state index in [2.05, 4.69) is 10.3 Å². The topological polar surface area (TPSA) is 55.1 Å². The molecule has 0 bridgehead atoms. The third-order valence-electron chi connectivity index (χ3n) is 4.24. The number of benzene rings is 3. The first-order chi connectivity index (χ1) is 14.5. The van der Waals surface area contributed by atoms with Crippen LogP contribution in [0, 0.1) is 6.92 Å². The Morgan fingerprint density at radius 3 is 2.13 bits per heavy atom. The van der Waals surface area contributed by atoms with Crippen molar-refractivity contribution >= 4 is 46.6 Å². The lowest BCUT2D eigenvalue weighted by atomic mass is 10.1. The SMILES string of the molecule is Cc1ccc(-c2nc(C(=O)Nc3ccc(Cl)cc3)c(Sc3ccc(Cl)cc3)o2)cc1. The van der Waals surface area contributed by atoms with Crippen molar-refractivity contribution < 1.29 is 9.21 Å². The van der Waals surface area contributed by atoms with E-state index in [-0.39, 0.29) is 11.6 Å². The molecule has 0 unspecified atom stereocenters. The molecule has 1 heterocycles. The van der Waals surface area contributed by atoms with Gasteiger partial charge in [0.25, 0.3) is 5.91 Å². The summed E-state index contributed by atoms with van der Waals surface area (Å²) in [5.41, 5.74) is 2.75. The van der Waals surface area contributed by atoms with Gasteiger partial charge in [-0.25, -0.2) is 4.98 Å². The van der Waals surface area contributed by atoms with Gasteiger partial charge in [0.15, 0.2) is 10.8 Å². The number of hydrogen-bond acceptors (Lipinski definition) is 4. The van der Waals surface area contributed by atoms with Crippen LogP contribution in [0.4, 0.5) is 5.69 Å². The summed E-state index contributed by atoms with van der Waals surface area (Å²) in [5, 5.41) is 4.47. The van der Waals surface area contributed by atoms with Crippen LogP contribution in [0.3, 0.4) is 0 Å². The number of aromatic nitrogens is 1. The van der Waals surface area contributed by atoms with Crippen LogP contribution in [0.5, 0.6) is 0 Å². The van der Waals surface area contributed by atoms with E-state index in [4.69, 9.17) is 27.6 Å². The Bertz CT molecular complexity index is 1170. The minimum absolute atomic E-state index is 0.209. The van der Waals surface area contributed by atoms with Crippen LogP contribution < -0.4 is 5.32 Å². The smallest absolute Gasteiger partial charge is 0.278 e. The molecule has 3 aromatic carbocycles. The molecule has 0 aliphatic carbocycles. The zero-order valence-corrected chi connectivity index (χ0v) is 18.2. The lowest BCUT2D eigenvalue weighted by molar-refractivity contribution is 0.101. The van der Waals surface area contributed by atoms with Gasteiger partial charge in [0.1, 0.15) is 0 Å². The molecule has 4 aromatic rings. The molecule has 4 nitrogen and oxygen atoms in total. The van der Waals surface area contributed by atoms with Gasteiger partial charge in [-0.2, -0.15) is 0 Å². The van der Waals surface area contributed by atoms with Gasteiger partial charge in [-0.15, -0.1) is 0 Å². The standard InChI is InChI=1S/C23H16Cl2N2O2S/c1-14-2-4-15(5-3-14)22-27-20(21(28)26-18-10-6-16(24)7-11-18)23(29-22)30-19-12-8-17(25)9-13-19/h2-13H,1H3,(H,26,28). The van der Waals surface area contributed by atoms with Crippen LogP contribution >= 0.6 is 35.0 Å². The molecule has 7 heteroatoms. The number of nitrogens with one attached hydrogen (secondary N) is 1. The number of halogens is 2. The Morgan fingerprint density at radius 1 is 0.900 bits per heavy atom. The van der Waals surface area contributed by atoms with Gasteiger partial charge in [-0.1, -0.05) is 40.9 Å². The minimum Gasteiger partial charge on any atom is -0.429 e. The van der Waals surface area contributed by atoms with Crippen LogP contribution in [0.15, 0.2) is 87.2 Å². The highest BCUT2D eigenvalue weighted by molar-refractivity contribution is 7.99. The number of oxazole rings is 1. The van der Waals surface area contributed by atoms with Crippen molar-refractivity contribution in [2.24, 2.45) is 0 Å². The van der Waals surface area contributed by atoms with E-state index in [0.717, 1.165) is 16.0 Å². The molecule has 1 aromatic heterocycles. The normalized spacial score (nSPS) is 10.8. The van der Waals surface area contributed by atoms with Gasteiger partial charge in [0, 0.05) is 26.2 Å². The largest absolute Gasteiger partial charge is 0.429 e. The molecule has 1 N–H and O–H groups in total. The third kappa shape index (κ3) is 4.87. The van der Waals surface area contributed by atoms with Crippen molar-refractivity contribution in [3.05, 3.63) is 94.1 Å². The number of rotatable bonds is 5. The van der Waals surface area contributed by atoms with Gasteiger partial charge in [-0.05, 0) is 79.3 Å². The molecule has 0 saturated carbocycles. The Balaban J connectivity index is 1.68. The van der Waals surface area contributed by atoms with Crippen molar-refractivity contribution in [1.82, 2.24) is 4.98 Å². The maximum absolute atomic E-state index is 13.0. The average Bonchev–Trinajstić information content (AvgIpc) is 3.16. The molecular formula is C23H16Cl2N2O2S. The minimum atomic E-state index is -0.365. The van der Waals surface area contributed by atoms with Gasteiger partial charge in [0.2, 0.25) is 5.89 Å². The number of nitrogens with zero attached hydrogens (tertiary/aromatic N) is 1. The summed E-state index contributed by atoms with van der Waals surface area (Å²) in [5.74, 6) is 0.0172. The second-order valence-corrected chi connectivity index (χ2v) is 8.46. The summed E-state index contributed by atoms with van der Waals surface area (Å²) < 4.78 is 5.99. The first kappa shape index (κ1) is 20.5. The number of aryl methyl sites for hydroxylation is 1. The lowest BCUT2D eigenvalue weighted by Gasteiger charge is -2.04. The van der Waals surface area contributed by atoms with Crippen LogP contribution in [0.1, 0.15) is 16.1 Å². The lowest BCUT2D eigenvalue weighted by Crippen LogP contribution is -2.13. The second-order valence-electron chi connectivity index (χ2n) is 6.54. The first-order valence-electron chi connectivity index (χ1n) is 9.06. The summed E-state index contributed by atoms with van der Waals surface area (Å²) in [4.78, 5) is 18.3. The van der Waals surface area contributed by atoms with Gasteiger partial charge >= 0.3 is 0 Å². The summed E-state index contributed by atoms with van der Waals surface area (Å²) in [6, 6.07) is 21.9. The highest BCUT2D eigenvalue weighted by atomic mass is 35.5. The summed E-state index contributed by atoms with van der Waals surface area (Å²) in [7, 11) is 0. The number of anilines is 1. The molecule has 0 atom stereocenters. The maximum Gasteiger partial charge on any atom is 0.278 e. The Kier molecular flexibility index (Phi) is 6.13. The van der Waals surface area contributed by atoms with Crippen molar-refractivity contribution in [3.63, 3.8) is 0 Å². The van der Waals surface area contributed by atoms with E-state index in [1.807, 2.05) is 43.3 Å². The zero-order chi connectivity index (χ0) is 21.1. The third-order valence-corrected chi connectivity index (χ3v) is 5.71. The molecule has 0 aliphatic rings. The quantitative estimate of drug-likeness (QED) is 0.342. The van der Waals surface area contributed by atoms with Crippen molar-refractivity contribution in [2.45, 2.75) is 16.9 Å². The molecule has 0 aliphatic heterocycles. The fraction of sp³-hybridized carbons (Fsp3) is 0.0435. The molecule has 0 radical (unpaired) electrons. The summed E-state index contributed by atoms with van der Waals surface area (Å²) >= 11 is 13.2. The molecule has 1 amide bonds. The van der Waals surface area contributed by atoms with Crippen molar-refractivity contribution in [2.75, 3.05) is 5.32 Å². The molecule has 30 heavy (non-hydrogen) atoms. The van der Waals surface area contributed by atoms with Gasteiger partial charge in [0.05, 0.1) is 0 Å². The number of hydrogen-bond donors (Lipinski definition) is 1. The zero-order valence-electron chi connectivity index (χ0n) is 15.9. The fourth-order valence-corrected chi connectivity index (χ4v) is 3.77. The Morgan fingerprint density at radius 2 is 1.50 bits per heavy atom.